The van der Waals surface area contributed by atoms with Gasteiger partial charge in [-0.15, -0.1) is 0 Å². The molecule has 2 N–H and O–H groups in total. The van der Waals surface area contributed by atoms with E-state index in [9.17, 15) is 14.7 Å². The molecule has 202 valence electrons. The van der Waals surface area contributed by atoms with Crippen molar-refractivity contribution < 1.29 is 28.9 Å². The van der Waals surface area contributed by atoms with Crippen molar-refractivity contribution in [3.8, 4) is 0 Å². The van der Waals surface area contributed by atoms with Crippen molar-refractivity contribution in [2.45, 2.75) is 95.7 Å². The summed E-state index contributed by atoms with van der Waals surface area (Å²) >= 11 is 0. The molecular formula is C29H40N2O6. The van der Waals surface area contributed by atoms with Gasteiger partial charge in [-0.2, -0.15) is 0 Å². The first-order chi connectivity index (χ1) is 17.5. The predicted octanol–water partition coefficient (Wildman–Crippen LogP) is 4.17. The Morgan fingerprint density at radius 1 is 1.19 bits per heavy atom. The number of alkyl carbamates (subject to hydrolysis) is 1. The Hall–Kier alpha value is -2.19. The molecule has 1 aromatic rings. The lowest BCUT2D eigenvalue weighted by Crippen LogP contribution is -2.57. The zero-order valence-corrected chi connectivity index (χ0v) is 22.5. The fourth-order valence-electron chi connectivity index (χ4n) is 9.78. The zero-order chi connectivity index (χ0) is 26.4. The first-order valence-corrected chi connectivity index (χ1v) is 13.9. The standard InChI is InChI=1S/C29H40N2O6/c1-16-15-28-27(4)21(14-20(26(27,2)3)29(28,37-28)19-9-7-6-8-18(16)19)36-24(33)23(32)22(31-25(34)35-5)17-10-12-30-13-11-17/h10-13,16,18-23,32H,6-9,14-15H2,1-5H3,(H,31,34)/t16-,18?,19?,20?,21-,22-,23+,27?,28-,29+/m0/s1. The summed E-state index contributed by atoms with van der Waals surface area (Å²) in [5.41, 5.74) is -0.275. The number of nitrogens with one attached hydrogen (secondary N) is 1. The van der Waals surface area contributed by atoms with Gasteiger partial charge >= 0.3 is 12.1 Å². The number of epoxide rings is 1. The highest BCUT2D eigenvalue weighted by Crippen LogP contribution is 2.89. The maximum atomic E-state index is 13.5. The minimum absolute atomic E-state index is 0.0675. The number of ether oxygens (including phenoxy) is 3. The van der Waals surface area contributed by atoms with E-state index >= 15 is 0 Å². The van der Waals surface area contributed by atoms with Gasteiger partial charge in [-0.05, 0) is 66.5 Å². The summed E-state index contributed by atoms with van der Waals surface area (Å²) in [6.07, 6.45) is 7.25. The van der Waals surface area contributed by atoms with Crippen LogP contribution in [0.1, 0.15) is 77.8 Å². The van der Waals surface area contributed by atoms with Crippen LogP contribution in [0.4, 0.5) is 4.79 Å². The fraction of sp³-hybridized carbons (Fsp3) is 0.759. The molecule has 37 heavy (non-hydrogen) atoms. The number of fused-ring (bicyclic) bond motifs is 3. The van der Waals surface area contributed by atoms with E-state index in [0.29, 0.717) is 23.3 Å². The van der Waals surface area contributed by atoms with E-state index in [2.05, 4.69) is 38.0 Å². The third kappa shape index (κ3) is 3.00. The van der Waals surface area contributed by atoms with Crippen molar-refractivity contribution in [3.63, 3.8) is 0 Å². The van der Waals surface area contributed by atoms with Crippen LogP contribution in [-0.4, -0.2) is 52.7 Å². The van der Waals surface area contributed by atoms with Crippen LogP contribution >= 0.6 is 0 Å². The Bertz CT molecular complexity index is 1100. The monoisotopic (exact) mass is 512 g/mol. The lowest BCUT2D eigenvalue weighted by Gasteiger charge is -2.50. The molecule has 1 amide bonds. The highest BCUT2D eigenvalue weighted by molar-refractivity contribution is 5.78. The van der Waals surface area contributed by atoms with Gasteiger partial charge in [0.25, 0.3) is 0 Å². The number of pyridine rings is 1. The second-order valence-corrected chi connectivity index (χ2v) is 12.9. The van der Waals surface area contributed by atoms with Gasteiger partial charge < -0.3 is 24.6 Å². The molecule has 5 aliphatic rings. The first-order valence-electron chi connectivity index (χ1n) is 13.9. The minimum Gasteiger partial charge on any atom is -0.460 e. The Labute approximate surface area is 218 Å². The Morgan fingerprint density at radius 2 is 1.89 bits per heavy atom. The number of methoxy groups -OCH3 is 1. The minimum atomic E-state index is -1.59. The SMILES string of the molecule is COC(=O)N[C@@H](c1ccncc1)[C@@H](O)C(=O)O[C@H]1CC2C(C)(C)C1(C)[C@@]13C[C@H](C)C4CCCCC4[C@@]21O3. The number of hydrogen-bond donors (Lipinski definition) is 2. The molecule has 4 unspecified atom stereocenters. The molecule has 0 radical (unpaired) electrons. The van der Waals surface area contributed by atoms with Crippen LogP contribution in [0.25, 0.3) is 0 Å². The van der Waals surface area contributed by atoms with Crippen LogP contribution in [0.3, 0.4) is 0 Å². The molecule has 10 atom stereocenters. The highest BCUT2D eigenvalue weighted by atomic mass is 16.6. The van der Waals surface area contributed by atoms with Crippen LogP contribution in [0.5, 0.6) is 0 Å². The maximum absolute atomic E-state index is 13.5. The van der Waals surface area contributed by atoms with E-state index in [1.165, 1.54) is 32.8 Å². The molecule has 0 spiro atoms. The molecule has 5 fully saturated rings. The lowest BCUT2D eigenvalue weighted by molar-refractivity contribution is -0.173. The second kappa shape index (κ2) is 8.15. The summed E-state index contributed by atoms with van der Waals surface area (Å²) in [5, 5.41) is 13.7. The molecule has 4 saturated carbocycles. The van der Waals surface area contributed by atoms with Crippen molar-refractivity contribution in [1.82, 2.24) is 10.3 Å². The van der Waals surface area contributed by atoms with Gasteiger partial charge in [-0.1, -0.05) is 40.5 Å². The fourth-order valence-corrected chi connectivity index (χ4v) is 9.78. The molecule has 8 heteroatoms. The van der Waals surface area contributed by atoms with Crippen molar-refractivity contribution in [2.24, 2.45) is 34.5 Å². The van der Waals surface area contributed by atoms with Crippen molar-refractivity contribution >= 4 is 12.1 Å². The average molecular weight is 513 g/mol. The average Bonchev–Trinajstić information content (AvgIpc) is 3.52. The van der Waals surface area contributed by atoms with Crippen LogP contribution < -0.4 is 5.32 Å². The predicted molar refractivity (Wildman–Crippen MR) is 134 cm³/mol. The van der Waals surface area contributed by atoms with E-state index in [1.54, 1.807) is 24.5 Å². The molecule has 2 heterocycles. The first kappa shape index (κ1) is 25.1. The molecule has 1 saturated heterocycles. The second-order valence-electron chi connectivity index (χ2n) is 12.9. The van der Waals surface area contributed by atoms with Gasteiger partial charge in [-0.25, -0.2) is 9.59 Å². The molecule has 4 aliphatic carbocycles. The normalized spacial score (nSPS) is 44.0. The number of aliphatic hydroxyl groups is 1. The van der Waals surface area contributed by atoms with Crippen molar-refractivity contribution in [1.29, 1.82) is 0 Å². The Kier molecular flexibility index (Phi) is 5.53. The van der Waals surface area contributed by atoms with E-state index in [1.807, 2.05) is 0 Å². The lowest BCUT2D eigenvalue weighted by atomic mass is 9.52. The van der Waals surface area contributed by atoms with Gasteiger partial charge in [0.05, 0.1) is 13.2 Å². The molecule has 1 aromatic heterocycles. The number of aliphatic hydroxyl groups excluding tert-OH is 1. The summed E-state index contributed by atoms with van der Waals surface area (Å²) in [7, 11) is 1.24. The van der Waals surface area contributed by atoms with E-state index in [-0.39, 0.29) is 28.1 Å². The zero-order valence-electron chi connectivity index (χ0n) is 22.5. The van der Waals surface area contributed by atoms with Crippen LogP contribution in [0.15, 0.2) is 24.5 Å². The molecule has 0 aromatic carbocycles. The topological polar surface area (TPSA) is 110 Å². The largest absolute Gasteiger partial charge is 0.460 e. The van der Waals surface area contributed by atoms with Gasteiger partial charge in [0, 0.05) is 23.7 Å². The molecule has 8 nitrogen and oxygen atoms in total. The van der Waals surface area contributed by atoms with Gasteiger partial charge in [0.15, 0.2) is 6.10 Å². The smallest absolute Gasteiger partial charge is 0.407 e. The van der Waals surface area contributed by atoms with Gasteiger partial charge in [0.1, 0.15) is 17.3 Å². The van der Waals surface area contributed by atoms with E-state index < -0.39 is 24.2 Å². The Balaban J connectivity index is 1.28. The molecular weight excluding hydrogens is 472 g/mol. The quantitative estimate of drug-likeness (QED) is 0.450. The molecule has 1 aliphatic heterocycles. The number of hydrogen-bond acceptors (Lipinski definition) is 7. The van der Waals surface area contributed by atoms with Crippen LogP contribution in [0.2, 0.25) is 0 Å². The number of nitrogens with zero attached hydrogens (tertiary/aromatic N) is 1. The third-order valence-corrected chi connectivity index (χ3v) is 11.6. The number of carbonyl (C=O) groups is 2. The van der Waals surface area contributed by atoms with Crippen LogP contribution in [-0.2, 0) is 19.0 Å². The highest BCUT2D eigenvalue weighted by Gasteiger charge is 2.96. The number of aromatic nitrogens is 1. The number of carbonyl (C=O) groups excluding carboxylic acids is 2. The number of amides is 1. The van der Waals surface area contributed by atoms with E-state index in [4.69, 9.17) is 14.2 Å². The molecule has 6 rings (SSSR count). The summed E-state index contributed by atoms with van der Waals surface area (Å²) in [4.78, 5) is 29.5. The van der Waals surface area contributed by atoms with Crippen molar-refractivity contribution in [2.75, 3.05) is 7.11 Å². The van der Waals surface area contributed by atoms with Crippen LogP contribution in [0, 0.1) is 34.5 Å². The van der Waals surface area contributed by atoms with E-state index in [0.717, 1.165) is 18.8 Å². The number of rotatable bonds is 5. The molecule has 2 bridgehead atoms. The van der Waals surface area contributed by atoms with Crippen molar-refractivity contribution in [3.05, 3.63) is 30.1 Å². The van der Waals surface area contributed by atoms with Gasteiger partial charge in [-0.3, -0.25) is 4.98 Å². The Morgan fingerprint density at radius 3 is 2.59 bits per heavy atom. The number of esters is 1. The summed E-state index contributed by atoms with van der Waals surface area (Å²) < 4.78 is 17.9. The summed E-state index contributed by atoms with van der Waals surface area (Å²) in [6, 6.07) is 2.28. The van der Waals surface area contributed by atoms with Gasteiger partial charge in [0.2, 0.25) is 0 Å². The summed E-state index contributed by atoms with van der Waals surface area (Å²) in [5.74, 6) is 1.45. The maximum Gasteiger partial charge on any atom is 0.407 e. The third-order valence-electron chi connectivity index (χ3n) is 11.6. The summed E-state index contributed by atoms with van der Waals surface area (Å²) in [6.45, 7) is 9.30.